The Morgan fingerprint density at radius 3 is 2.58 bits per heavy atom. The Morgan fingerprint density at radius 2 is 2.16 bits per heavy atom. The van der Waals surface area contributed by atoms with E-state index in [0.717, 1.165) is 13.2 Å². The number of halogens is 3. The topological polar surface area (TPSA) is 78.7 Å². The Morgan fingerprint density at radius 1 is 1.53 bits per heavy atom. The zero-order chi connectivity index (χ0) is 14.6. The molecule has 0 saturated heterocycles. The lowest BCUT2D eigenvalue weighted by Gasteiger charge is -2.12. The van der Waals surface area contributed by atoms with E-state index in [9.17, 15) is 23.7 Å². The molecule has 0 heterocycles. The van der Waals surface area contributed by atoms with Gasteiger partial charge in [-0.05, 0) is 5.56 Å². The SMILES string of the molecule is COC(=O)c1c(CCl)cc([N+](=O)[O-])cc1OC(F)F. The van der Waals surface area contributed by atoms with Crippen molar-refractivity contribution in [3.05, 3.63) is 33.4 Å². The van der Waals surface area contributed by atoms with Gasteiger partial charge in [0.05, 0.1) is 18.1 Å². The first-order valence-corrected chi connectivity index (χ1v) is 5.34. The van der Waals surface area contributed by atoms with Gasteiger partial charge in [0.25, 0.3) is 5.69 Å². The molecule has 6 nitrogen and oxygen atoms in total. The van der Waals surface area contributed by atoms with Gasteiger partial charge in [-0.25, -0.2) is 4.79 Å². The number of carbonyl (C=O) groups excluding carboxylic acids is 1. The average molecular weight is 296 g/mol. The maximum atomic E-state index is 12.3. The number of benzene rings is 1. The standard InChI is InChI=1S/C10H8ClF2NO5/c1-18-9(15)8-5(4-11)2-6(14(16)17)3-7(8)19-10(12)13/h2-3,10H,4H2,1H3. The fraction of sp³-hybridized carbons (Fsp3) is 0.300. The molecule has 0 fully saturated rings. The van der Waals surface area contributed by atoms with E-state index < -0.39 is 28.9 Å². The number of hydrogen-bond donors (Lipinski definition) is 0. The highest BCUT2D eigenvalue weighted by atomic mass is 35.5. The minimum atomic E-state index is -3.24. The first-order chi connectivity index (χ1) is 8.90. The van der Waals surface area contributed by atoms with Crippen LogP contribution in [0.15, 0.2) is 12.1 Å². The van der Waals surface area contributed by atoms with E-state index in [1.165, 1.54) is 0 Å². The molecule has 0 N–H and O–H groups in total. The number of esters is 1. The number of alkyl halides is 3. The van der Waals surface area contributed by atoms with Crippen molar-refractivity contribution in [2.24, 2.45) is 0 Å². The van der Waals surface area contributed by atoms with Crippen LogP contribution < -0.4 is 4.74 Å². The molecule has 0 aromatic heterocycles. The van der Waals surface area contributed by atoms with Crippen LogP contribution in [0.1, 0.15) is 15.9 Å². The van der Waals surface area contributed by atoms with E-state index in [1.54, 1.807) is 0 Å². The quantitative estimate of drug-likeness (QED) is 0.361. The number of rotatable bonds is 5. The fourth-order valence-electron chi connectivity index (χ4n) is 1.39. The van der Waals surface area contributed by atoms with Crippen LogP contribution in [0.2, 0.25) is 0 Å². The van der Waals surface area contributed by atoms with Crippen molar-refractivity contribution in [3.63, 3.8) is 0 Å². The third-order valence-electron chi connectivity index (χ3n) is 2.13. The summed E-state index contributed by atoms with van der Waals surface area (Å²) in [5.41, 5.74) is -0.902. The van der Waals surface area contributed by atoms with Crippen molar-refractivity contribution in [2.75, 3.05) is 7.11 Å². The summed E-state index contributed by atoms with van der Waals surface area (Å²) in [6, 6.07) is 1.71. The van der Waals surface area contributed by atoms with Gasteiger partial charge >= 0.3 is 12.6 Å². The Kier molecular flexibility index (Phi) is 4.99. The van der Waals surface area contributed by atoms with E-state index in [-0.39, 0.29) is 17.0 Å². The molecule has 1 aromatic carbocycles. The first kappa shape index (κ1) is 15.1. The Labute approximate surface area is 111 Å². The monoisotopic (exact) mass is 295 g/mol. The average Bonchev–Trinajstić information content (AvgIpc) is 2.35. The smallest absolute Gasteiger partial charge is 0.387 e. The minimum absolute atomic E-state index is 0.0293. The van der Waals surface area contributed by atoms with Crippen LogP contribution in [0.3, 0.4) is 0 Å². The summed E-state index contributed by atoms with van der Waals surface area (Å²) in [4.78, 5) is 21.4. The maximum absolute atomic E-state index is 12.3. The summed E-state index contributed by atoms with van der Waals surface area (Å²) in [5.74, 6) is -1.92. The number of nitro groups is 1. The van der Waals surface area contributed by atoms with E-state index in [2.05, 4.69) is 9.47 Å². The second kappa shape index (κ2) is 6.28. The lowest BCUT2D eigenvalue weighted by molar-refractivity contribution is -0.385. The van der Waals surface area contributed by atoms with Gasteiger partial charge in [0.15, 0.2) is 0 Å². The van der Waals surface area contributed by atoms with Crippen LogP contribution in [0.5, 0.6) is 5.75 Å². The zero-order valence-electron chi connectivity index (χ0n) is 9.56. The Balaban J connectivity index is 3.47. The second-order valence-electron chi connectivity index (χ2n) is 3.24. The molecule has 0 aliphatic carbocycles. The summed E-state index contributed by atoms with van der Waals surface area (Å²) >= 11 is 5.54. The molecule has 0 saturated carbocycles. The summed E-state index contributed by atoms with van der Waals surface area (Å²) in [6.45, 7) is -3.24. The third kappa shape index (κ3) is 3.50. The number of non-ortho nitro benzene ring substituents is 1. The molecule has 104 valence electrons. The second-order valence-corrected chi connectivity index (χ2v) is 3.51. The number of hydrogen-bond acceptors (Lipinski definition) is 5. The number of ether oxygens (including phenoxy) is 2. The molecule has 0 radical (unpaired) electrons. The number of carbonyl (C=O) groups is 1. The number of nitro benzene ring substituents is 1. The van der Waals surface area contributed by atoms with Gasteiger partial charge < -0.3 is 9.47 Å². The van der Waals surface area contributed by atoms with E-state index in [1.807, 2.05) is 0 Å². The number of methoxy groups -OCH3 is 1. The molecule has 0 aliphatic heterocycles. The summed E-state index contributed by atoms with van der Waals surface area (Å²) in [6.07, 6.45) is 0. The Hall–Kier alpha value is -1.96. The van der Waals surface area contributed by atoms with Crippen molar-refractivity contribution < 1.29 is 28.0 Å². The highest BCUT2D eigenvalue weighted by molar-refractivity contribution is 6.17. The van der Waals surface area contributed by atoms with E-state index >= 15 is 0 Å². The van der Waals surface area contributed by atoms with Crippen LogP contribution in [0.4, 0.5) is 14.5 Å². The molecule has 0 bridgehead atoms. The normalized spacial score (nSPS) is 10.4. The van der Waals surface area contributed by atoms with Crippen LogP contribution in [0.25, 0.3) is 0 Å². The highest BCUT2D eigenvalue weighted by Gasteiger charge is 2.24. The van der Waals surface area contributed by atoms with Gasteiger partial charge in [-0.3, -0.25) is 10.1 Å². The van der Waals surface area contributed by atoms with Crippen LogP contribution in [0, 0.1) is 10.1 Å². The molecule has 1 aromatic rings. The molecule has 0 atom stereocenters. The molecule has 1 rings (SSSR count). The first-order valence-electron chi connectivity index (χ1n) is 4.81. The van der Waals surface area contributed by atoms with Crippen LogP contribution in [-0.2, 0) is 10.6 Å². The molecule has 0 unspecified atom stereocenters. The zero-order valence-corrected chi connectivity index (χ0v) is 10.3. The molecular formula is C10H8ClF2NO5. The van der Waals surface area contributed by atoms with E-state index in [0.29, 0.717) is 6.07 Å². The molecule has 0 amide bonds. The number of nitrogens with zero attached hydrogens (tertiary/aromatic N) is 1. The van der Waals surface area contributed by atoms with E-state index in [4.69, 9.17) is 11.6 Å². The molecule has 19 heavy (non-hydrogen) atoms. The van der Waals surface area contributed by atoms with Gasteiger partial charge in [0.2, 0.25) is 0 Å². The van der Waals surface area contributed by atoms with Crippen molar-refractivity contribution in [1.29, 1.82) is 0 Å². The largest absolute Gasteiger partial charge is 0.465 e. The minimum Gasteiger partial charge on any atom is -0.465 e. The highest BCUT2D eigenvalue weighted by Crippen LogP contribution is 2.31. The summed E-state index contributed by atoms with van der Waals surface area (Å²) in [7, 11) is 1.04. The van der Waals surface area contributed by atoms with Crippen molar-refractivity contribution >= 4 is 23.3 Å². The molecular weight excluding hydrogens is 288 g/mol. The van der Waals surface area contributed by atoms with Gasteiger partial charge in [0.1, 0.15) is 11.3 Å². The predicted molar refractivity (Wildman–Crippen MR) is 60.6 cm³/mol. The van der Waals surface area contributed by atoms with Crippen molar-refractivity contribution in [1.82, 2.24) is 0 Å². The molecule has 0 aliphatic rings. The maximum Gasteiger partial charge on any atom is 0.387 e. The lowest BCUT2D eigenvalue weighted by Crippen LogP contribution is -2.12. The van der Waals surface area contributed by atoms with Crippen molar-refractivity contribution in [2.45, 2.75) is 12.5 Å². The van der Waals surface area contributed by atoms with Crippen molar-refractivity contribution in [3.8, 4) is 5.75 Å². The Bertz CT molecular complexity index is 509. The van der Waals surface area contributed by atoms with Gasteiger partial charge in [-0.1, -0.05) is 0 Å². The van der Waals surface area contributed by atoms with Crippen LogP contribution in [-0.4, -0.2) is 24.6 Å². The van der Waals surface area contributed by atoms with Gasteiger partial charge in [-0.15, -0.1) is 11.6 Å². The third-order valence-corrected chi connectivity index (χ3v) is 2.42. The lowest BCUT2D eigenvalue weighted by atomic mass is 10.1. The van der Waals surface area contributed by atoms with Gasteiger partial charge in [-0.2, -0.15) is 8.78 Å². The molecule has 0 spiro atoms. The summed E-state index contributed by atoms with van der Waals surface area (Å²) < 4.78 is 33.0. The van der Waals surface area contributed by atoms with Crippen LogP contribution >= 0.6 is 11.6 Å². The fourth-order valence-corrected chi connectivity index (χ4v) is 1.60. The predicted octanol–water partition coefficient (Wildman–Crippen LogP) is 2.72. The summed E-state index contributed by atoms with van der Waals surface area (Å²) in [5, 5.41) is 10.7. The van der Waals surface area contributed by atoms with Gasteiger partial charge in [0, 0.05) is 11.9 Å². The molecule has 9 heteroatoms.